The van der Waals surface area contributed by atoms with Gasteiger partial charge in [-0.1, -0.05) is 12.1 Å². The molecule has 3 amide bonds. The number of hydrogen-bond acceptors (Lipinski definition) is 6. The second-order valence-electron chi connectivity index (χ2n) is 6.32. The van der Waals surface area contributed by atoms with Crippen LogP contribution in [0.3, 0.4) is 0 Å². The molecular formula is C21H20N2O6. The van der Waals surface area contributed by atoms with Crippen LogP contribution < -0.4 is 10.1 Å². The second kappa shape index (κ2) is 8.55. The fourth-order valence-corrected chi connectivity index (χ4v) is 2.92. The van der Waals surface area contributed by atoms with Gasteiger partial charge < -0.3 is 14.8 Å². The predicted molar refractivity (Wildman–Crippen MR) is 104 cm³/mol. The third-order valence-corrected chi connectivity index (χ3v) is 4.35. The topological polar surface area (TPSA) is 102 Å². The first-order chi connectivity index (χ1) is 13.9. The van der Waals surface area contributed by atoms with Crippen molar-refractivity contribution in [2.24, 2.45) is 0 Å². The summed E-state index contributed by atoms with van der Waals surface area (Å²) in [6, 6.07) is 11.9. The molecule has 0 radical (unpaired) electrons. The Balaban J connectivity index is 1.54. The van der Waals surface area contributed by atoms with Gasteiger partial charge in [-0.05, 0) is 50.2 Å². The number of imide groups is 1. The monoisotopic (exact) mass is 396 g/mol. The summed E-state index contributed by atoms with van der Waals surface area (Å²) in [7, 11) is 0. The highest BCUT2D eigenvalue weighted by Gasteiger charge is 2.41. The summed E-state index contributed by atoms with van der Waals surface area (Å²) >= 11 is 0. The van der Waals surface area contributed by atoms with E-state index in [-0.39, 0.29) is 11.1 Å². The van der Waals surface area contributed by atoms with Crippen molar-refractivity contribution in [2.75, 3.05) is 18.5 Å². The molecule has 1 atom stereocenters. The van der Waals surface area contributed by atoms with Gasteiger partial charge in [0, 0.05) is 5.69 Å². The maximum Gasteiger partial charge on any atom is 0.329 e. The molecule has 29 heavy (non-hydrogen) atoms. The number of carbonyl (C=O) groups excluding carboxylic acids is 4. The minimum absolute atomic E-state index is 0.241. The SMILES string of the molecule is CCOc1ccc(NC(=O)COC(=O)C(C)N2C(=O)c3ccccc3C2=O)cc1. The van der Waals surface area contributed by atoms with E-state index in [1.54, 1.807) is 36.4 Å². The molecule has 2 aromatic rings. The second-order valence-corrected chi connectivity index (χ2v) is 6.32. The Labute approximate surface area is 167 Å². The summed E-state index contributed by atoms with van der Waals surface area (Å²) in [4.78, 5) is 50.0. The lowest BCUT2D eigenvalue weighted by molar-refractivity contribution is -0.150. The van der Waals surface area contributed by atoms with Crippen molar-refractivity contribution in [1.29, 1.82) is 0 Å². The zero-order chi connectivity index (χ0) is 21.0. The van der Waals surface area contributed by atoms with Gasteiger partial charge in [-0.25, -0.2) is 4.79 Å². The molecule has 1 heterocycles. The zero-order valence-electron chi connectivity index (χ0n) is 16.0. The lowest BCUT2D eigenvalue weighted by Crippen LogP contribution is -2.44. The van der Waals surface area contributed by atoms with Crippen LogP contribution in [0.2, 0.25) is 0 Å². The van der Waals surface area contributed by atoms with Crippen molar-refractivity contribution in [1.82, 2.24) is 4.90 Å². The van der Waals surface area contributed by atoms with Crippen LogP contribution in [0.4, 0.5) is 5.69 Å². The summed E-state index contributed by atoms with van der Waals surface area (Å²) in [6.07, 6.45) is 0. The van der Waals surface area contributed by atoms with Gasteiger partial charge in [0.05, 0.1) is 17.7 Å². The van der Waals surface area contributed by atoms with Gasteiger partial charge in [0.2, 0.25) is 0 Å². The van der Waals surface area contributed by atoms with E-state index >= 15 is 0 Å². The lowest BCUT2D eigenvalue weighted by atomic mass is 10.1. The average molecular weight is 396 g/mol. The Morgan fingerprint density at radius 3 is 2.14 bits per heavy atom. The Morgan fingerprint density at radius 1 is 1.00 bits per heavy atom. The number of esters is 1. The van der Waals surface area contributed by atoms with Gasteiger partial charge in [-0.15, -0.1) is 0 Å². The minimum atomic E-state index is -1.15. The fraction of sp³-hybridized carbons (Fsp3) is 0.238. The van der Waals surface area contributed by atoms with Crippen molar-refractivity contribution in [3.8, 4) is 5.75 Å². The van der Waals surface area contributed by atoms with Crippen molar-refractivity contribution in [2.45, 2.75) is 19.9 Å². The summed E-state index contributed by atoms with van der Waals surface area (Å²) in [5.74, 6) is -1.84. The van der Waals surface area contributed by atoms with E-state index < -0.39 is 36.3 Å². The molecule has 1 aliphatic rings. The van der Waals surface area contributed by atoms with E-state index in [1.165, 1.54) is 19.1 Å². The summed E-state index contributed by atoms with van der Waals surface area (Å²) < 4.78 is 10.3. The number of amides is 3. The van der Waals surface area contributed by atoms with E-state index in [9.17, 15) is 19.2 Å². The van der Waals surface area contributed by atoms with Crippen LogP contribution in [-0.4, -0.2) is 47.8 Å². The number of nitrogens with zero attached hydrogens (tertiary/aromatic N) is 1. The van der Waals surface area contributed by atoms with Crippen LogP contribution in [0.25, 0.3) is 0 Å². The zero-order valence-corrected chi connectivity index (χ0v) is 16.0. The van der Waals surface area contributed by atoms with Gasteiger partial charge >= 0.3 is 5.97 Å². The number of carbonyl (C=O) groups is 4. The maximum absolute atomic E-state index is 12.4. The Hall–Kier alpha value is -3.68. The van der Waals surface area contributed by atoms with E-state index in [0.29, 0.717) is 18.0 Å². The van der Waals surface area contributed by atoms with Gasteiger partial charge in [0.1, 0.15) is 11.8 Å². The molecule has 150 valence electrons. The molecule has 8 heteroatoms. The van der Waals surface area contributed by atoms with Crippen LogP contribution in [0.1, 0.15) is 34.6 Å². The highest BCUT2D eigenvalue weighted by Crippen LogP contribution is 2.24. The number of nitrogens with one attached hydrogen (secondary N) is 1. The van der Waals surface area contributed by atoms with Crippen molar-refractivity contribution in [3.63, 3.8) is 0 Å². The molecule has 1 aliphatic heterocycles. The molecular weight excluding hydrogens is 376 g/mol. The van der Waals surface area contributed by atoms with Crippen LogP contribution in [-0.2, 0) is 14.3 Å². The quantitative estimate of drug-likeness (QED) is 0.569. The van der Waals surface area contributed by atoms with Crippen LogP contribution in [0.5, 0.6) is 5.75 Å². The van der Waals surface area contributed by atoms with E-state index in [4.69, 9.17) is 9.47 Å². The highest BCUT2D eigenvalue weighted by molar-refractivity contribution is 6.22. The molecule has 0 fully saturated rings. The summed E-state index contributed by atoms with van der Waals surface area (Å²) in [5.41, 5.74) is 0.999. The Bertz CT molecular complexity index is 919. The molecule has 0 saturated heterocycles. The average Bonchev–Trinajstić information content (AvgIpc) is 2.98. The van der Waals surface area contributed by atoms with E-state index in [0.717, 1.165) is 4.90 Å². The van der Waals surface area contributed by atoms with Crippen molar-refractivity contribution < 1.29 is 28.7 Å². The van der Waals surface area contributed by atoms with Gasteiger partial charge in [0.25, 0.3) is 17.7 Å². The first-order valence-corrected chi connectivity index (χ1v) is 9.08. The molecule has 0 spiro atoms. The largest absolute Gasteiger partial charge is 0.494 e. The number of anilines is 1. The van der Waals surface area contributed by atoms with Gasteiger partial charge in [-0.3, -0.25) is 19.3 Å². The number of benzene rings is 2. The molecule has 2 aromatic carbocycles. The number of fused-ring (bicyclic) bond motifs is 1. The van der Waals surface area contributed by atoms with Gasteiger partial charge in [-0.2, -0.15) is 0 Å². The predicted octanol–water partition coefficient (Wildman–Crippen LogP) is 2.25. The summed E-state index contributed by atoms with van der Waals surface area (Å²) in [6.45, 7) is 3.24. The summed E-state index contributed by atoms with van der Waals surface area (Å²) in [5, 5.41) is 2.59. The number of hydrogen-bond donors (Lipinski definition) is 1. The lowest BCUT2D eigenvalue weighted by Gasteiger charge is -2.20. The Kier molecular flexibility index (Phi) is 5.92. The molecule has 3 rings (SSSR count). The fourth-order valence-electron chi connectivity index (χ4n) is 2.92. The van der Waals surface area contributed by atoms with Gasteiger partial charge in [0.15, 0.2) is 6.61 Å². The smallest absolute Gasteiger partial charge is 0.329 e. The third-order valence-electron chi connectivity index (χ3n) is 4.35. The van der Waals surface area contributed by atoms with E-state index in [2.05, 4.69) is 5.32 Å². The van der Waals surface area contributed by atoms with Crippen molar-refractivity contribution in [3.05, 3.63) is 59.7 Å². The molecule has 1 N–H and O–H groups in total. The van der Waals surface area contributed by atoms with Crippen LogP contribution in [0, 0.1) is 0 Å². The highest BCUT2D eigenvalue weighted by atomic mass is 16.5. The number of ether oxygens (including phenoxy) is 2. The van der Waals surface area contributed by atoms with E-state index in [1.807, 2.05) is 6.92 Å². The normalized spacial score (nSPS) is 13.7. The molecule has 0 bridgehead atoms. The standard InChI is InChI=1S/C21H20N2O6/c1-3-28-15-10-8-14(9-11-15)22-18(24)12-29-21(27)13(2)23-19(25)16-6-4-5-7-17(16)20(23)26/h4-11,13H,3,12H2,1-2H3,(H,22,24). The molecule has 0 aliphatic carbocycles. The first kappa shape index (κ1) is 20.1. The molecule has 0 saturated carbocycles. The third kappa shape index (κ3) is 4.26. The maximum atomic E-state index is 12.4. The molecule has 0 aromatic heterocycles. The molecule has 8 nitrogen and oxygen atoms in total. The van der Waals surface area contributed by atoms with Crippen LogP contribution in [0.15, 0.2) is 48.5 Å². The number of rotatable bonds is 7. The first-order valence-electron chi connectivity index (χ1n) is 9.08. The molecule has 1 unspecified atom stereocenters. The van der Waals surface area contributed by atoms with Crippen LogP contribution >= 0.6 is 0 Å². The minimum Gasteiger partial charge on any atom is -0.494 e. The van der Waals surface area contributed by atoms with Crippen molar-refractivity contribution >= 4 is 29.4 Å². The Morgan fingerprint density at radius 2 is 1.59 bits per heavy atom.